The minimum absolute atomic E-state index is 0.374. The van der Waals surface area contributed by atoms with E-state index in [1.54, 1.807) is 16.9 Å². The van der Waals surface area contributed by atoms with E-state index in [2.05, 4.69) is 52.8 Å². The van der Waals surface area contributed by atoms with Crippen LogP contribution in [0.5, 0.6) is 0 Å². The Kier molecular flexibility index (Phi) is 7.11. The quantitative estimate of drug-likeness (QED) is 0.643. The zero-order chi connectivity index (χ0) is 18.2. The molecule has 0 aliphatic carbocycles. The lowest BCUT2D eigenvalue weighted by atomic mass is 10.1. The first kappa shape index (κ1) is 18.9. The molecule has 1 aliphatic rings. The normalized spacial score (nSPS) is 21.6. The molecule has 0 radical (unpaired) electrons. The van der Waals surface area contributed by atoms with E-state index in [4.69, 9.17) is 4.74 Å². The van der Waals surface area contributed by atoms with Crippen LogP contribution in [0.2, 0.25) is 0 Å². The number of nitrogens with zero attached hydrogens (tertiary/aromatic N) is 4. The second-order valence-corrected chi connectivity index (χ2v) is 7.08. The molecule has 0 spiro atoms. The summed E-state index contributed by atoms with van der Waals surface area (Å²) in [7, 11) is 1.72. The van der Waals surface area contributed by atoms with Crippen LogP contribution >= 0.6 is 0 Å². The molecule has 1 fully saturated rings. The van der Waals surface area contributed by atoms with Gasteiger partial charge >= 0.3 is 0 Å². The van der Waals surface area contributed by atoms with Crippen LogP contribution in [0.25, 0.3) is 0 Å². The van der Waals surface area contributed by atoms with E-state index < -0.39 is 0 Å². The molecule has 1 aliphatic heterocycles. The highest BCUT2D eigenvalue weighted by atomic mass is 16.5. The van der Waals surface area contributed by atoms with Crippen molar-refractivity contribution in [3.8, 4) is 0 Å². The van der Waals surface area contributed by atoms with E-state index in [0.29, 0.717) is 12.6 Å². The van der Waals surface area contributed by atoms with Crippen LogP contribution in [0.4, 0.5) is 5.69 Å². The van der Waals surface area contributed by atoms with Crippen molar-refractivity contribution in [1.82, 2.24) is 20.2 Å². The largest absolute Gasteiger partial charge is 0.383 e. The van der Waals surface area contributed by atoms with Crippen molar-refractivity contribution >= 4 is 5.69 Å². The average Bonchev–Trinajstić information content (AvgIpc) is 3.16. The molecule has 1 atom stereocenters. The molecule has 3 rings (SSSR count). The summed E-state index contributed by atoms with van der Waals surface area (Å²) in [6.07, 6.45) is 3.55. The molecule has 1 aromatic carbocycles. The summed E-state index contributed by atoms with van der Waals surface area (Å²) in [5.41, 5.74) is 1.40. The third-order valence-corrected chi connectivity index (χ3v) is 5.40. The van der Waals surface area contributed by atoms with Gasteiger partial charge in [0.05, 0.1) is 13.2 Å². The van der Waals surface area contributed by atoms with E-state index in [9.17, 15) is 0 Å². The number of para-hydroxylation sites is 1. The lowest BCUT2D eigenvalue weighted by Crippen LogP contribution is -3.26. The number of nitrogens with one attached hydrogen (secondary N) is 2. The first-order valence-corrected chi connectivity index (χ1v) is 9.83. The Labute approximate surface area is 155 Å². The molecule has 1 aromatic heterocycles. The maximum Gasteiger partial charge on any atom is 0.209 e. The molecule has 0 bridgehead atoms. The van der Waals surface area contributed by atoms with Crippen molar-refractivity contribution in [3.63, 3.8) is 0 Å². The Hall–Kier alpha value is -1.83. The number of rotatable bonds is 9. The summed E-state index contributed by atoms with van der Waals surface area (Å²) in [5.74, 6) is 1.02. The summed E-state index contributed by atoms with van der Waals surface area (Å²) < 4.78 is 7.15. The van der Waals surface area contributed by atoms with E-state index in [1.165, 1.54) is 18.5 Å². The number of piperazine rings is 1. The molecule has 7 nitrogen and oxygen atoms in total. The Morgan fingerprint density at radius 3 is 2.62 bits per heavy atom. The van der Waals surface area contributed by atoms with Crippen LogP contribution in [0.3, 0.4) is 0 Å². The molecular formula is C19H32N6O+2. The number of methoxy groups -OCH3 is 1. The summed E-state index contributed by atoms with van der Waals surface area (Å²) >= 11 is 0. The van der Waals surface area contributed by atoms with Gasteiger partial charge in [-0.05, 0) is 29.0 Å². The van der Waals surface area contributed by atoms with Crippen LogP contribution in [-0.4, -0.2) is 60.1 Å². The Balaban J connectivity index is 1.68. The minimum Gasteiger partial charge on any atom is -0.383 e. The highest BCUT2D eigenvalue weighted by molar-refractivity contribution is 5.27. The zero-order valence-electron chi connectivity index (χ0n) is 16.0. The van der Waals surface area contributed by atoms with Crippen molar-refractivity contribution in [1.29, 1.82) is 0 Å². The van der Waals surface area contributed by atoms with Gasteiger partial charge in [-0.25, -0.2) is 4.68 Å². The van der Waals surface area contributed by atoms with Crippen molar-refractivity contribution < 1.29 is 14.5 Å². The second-order valence-electron chi connectivity index (χ2n) is 7.08. The lowest BCUT2D eigenvalue weighted by Gasteiger charge is -2.34. The first-order valence-electron chi connectivity index (χ1n) is 9.83. The van der Waals surface area contributed by atoms with Crippen LogP contribution in [0.15, 0.2) is 30.3 Å². The van der Waals surface area contributed by atoms with Gasteiger partial charge in [-0.1, -0.05) is 31.5 Å². The fourth-order valence-corrected chi connectivity index (χ4v) is 3.91. The summed E-state index contributed by atoms with van der Waals surface area (Å²) in [6, 6.07) is 11.2. The molecule has 1 saturated heterocycles. The zero-order valence-corrected chi connectivity index (χ0v) is 16.0. The van der Waals surface area contributed by atoms with Gasteiger partial charge in [0, 0.05) is 13.5 Å². The predicted molar refractivity (Wildman–Crippen MR) is 99.5 cm³/mol. The Morgan fingerprint density at radius 2 is 1.92 bits per heavy atom. The molecular weight excluding hydrogens is 328 g/mol. The van der Waals surface area contributed by atoms with Crippen molar-refractivity contribution in [2.45, 2.75) is 38.8 Å². The maximum absolute atomic E-state index is 5.21. The molecule has 2 heterocycles. The number of ether oxygens (including phenoxy) is 1. The monoisotopic (exact) mass is 360 g/mol. The number of hydrogen-bond acceptors (Lipinski definition) is 4. The fraction of sp³-hybridized carbons (Fsp3) is 0.632. The molecule has 0 unspecified atom stereocenters. The summed E-state index contributed by atoms with van der Waals surface area (Å²) in [5, 5.41) is 12.5. The van der Waals surface area contributed by atoms with Crippen LogP contribution in [0.1, 0.15) is 38.1 Å². The first-order chi connectivity index (χ1) is 12.8. The van der Waals surface area contributed by atoms with Crippen LogP contribution in [0, 0.1) is 0 Å². The molecule has 26 heavy (non-hydrogen) atoms. The highest BCUT2D eigenvalue weighted by Crippen LogP contribution is 2.14. The average molecular weight is 361 g/mol. The summed E-state index contributed by atoms with van der Waals surface area (Å²) in [4.78, 5) is 3.20. The molecule has 2 aromatic rings. The number of aromatic nitrogens is 4. The minimum atomic E-state index is 0.374. The van der Waals surface area contributed by atoms with Crippen molar-refractivity contribution in [2.24, 2.45) is 0 Å². The third kappa shape index (κ3) is 4.66. The Morgan fingerprint density at radius 1 is 1.15 bits per heavy atom. The number of hydrogen-bond donors (Lipinski definition) is 2. The SMILES string of the molecule is CCCC[C@@H](c1nnnn1CCOC)[NH+]1CC[NH+](c2ccccc2)CC1. The van der Waals surface area contributed by atoms with Crippen molar-refractivity contribution in [3.05, 3.63) is 36.2 Å². The van der Waals surface area contributed by atoms with Gasteiger partial charge in [-0.3, -0.25) is 4.90 Å². The van der Waals surface area contributed by atoms with Gasteiger partial charge in [0.2, 0.25) is 5.82 Å². The van der Waals surface area contributed by atoms with Gasteiger partial charge in [-0.15, -0.1) is 5.10 Å². The van der Waals surface area contributed by atoms with E-state index in [0.717, 1.165) is 45.0 Å². The number of tetrazole rings is 1. The van der Waals surface area contributed by atoms with E-state index in [1.807, 2.05) is 4.68 Å². The van der Waals surface area contributed by atoms with E-state index in [-0.39, 0.29) is 0 Å². The van der Waals surface area contributed by atoms with Gasteiger partial charge in [0.15, 0.2) is 0 Å². The van der Waals surface area contributed by atoms with Gasteiger partial charge in [0.1, 0.15) is 37.9 Å². The smallest absolute Gasteiger partial charge is 0.209 e. The van der Waals surface area contributed by atoms with Gasteiger partial charge < -0.3 is 9.64 Å². The van der Waals surface area contributed by atoms with Crippen LogP contribution < -0.4 is 9.80 Å². The van der Waals surface area contributed by atoms with E-state index >= 15 is 0 Å². The van der Waals surface area contributed by atoms with Gasteiger partial charge in [-0.2, -0.15) is 0 Å². The van der Waals surface area contributed by atoms with Crippen LogP contribution in [-0.2, 0) is 11.3 Å². The lowest BCUT2D eigenvalue weighted by molar-refractivity contribution is -1.01. The number of unbranched alkanes of at least 4 members (excludes halogenated alkanes) is 1. The molecule has 142 valence electrons. The molecule has 7 heteroatoms. The molecule has 0 amide bonds. The fourth-order valence-electron chi connectivity index (χ4n) is 3.91. The van der Waals surface area contributed by atoms with Crippen molar-refractivity contribution in [2.75, 3.05) is 39.9 Å². The number of quaternary nitrogens is 2. The topological polar surface area (TPSA) is 61.7 Å². The molecule has 2 N–H and O–H groups in total. The standard InChI is InChI=1S/C19H30N6O/c1-3-4-10-18(19-20-21-22-25(19)15-16-26-2)24-13-11-23(12-14-24)17-8-6-5-7-9-17/h5-9,18H,3-4,10-16H2,1-2H3/p+2/t18-/m0/s1. The Bertz CT molecular complexity index is 638. The molecule has 0 saturated carbocycles. The predicted octanol–water partition coefficient (Wildman–Crippen LogP) is -0.334. The maximum atomic E-state index is 5.21. The highest BCUT2D eigenvalue weighted by Gasteiger charge is 2.34. The third-order valence-electron chi connectivity index (χ3n) is 5.40. The summed E-state index contributed by atoms with van der Waals surface area (Å²) in [6.45, 7) is 8.21. The van der Waals surface area contributed by atoms with Gasteiger partial charge in [0.25, 0.3) is 0 Å². The second kappa shape index (κ2) is 9.75. The number of benzene rings is 1.